The highest BCUT2D eigenvalue weighted by atomic mass is 19.1. The first-order chi connectivity index (χ1) is 11.0. The molecule has 0 spiro atoms. The monoisotopic (exact) mass is 310 g/mol. The summed E-state index contributed by atoms with van der Waals surface area (Å²) in [6.07, 6.45) is 1.39. The largest absolute Gasteiger partial charge is 0.383 e. The second-order valence-electron chi connectivity index (χ2n) is 5.15. The number of carbonyl (C=O) groups excluding carboxylic acids is 1. The zero-order chi connectivity index (χ0) is 16.4. The molecule has 6 heteroatoms. The van der Waals surface area contributed by atoms with E-state index in [4.69, 9.17) is 5.73 Å². The van der Waals surface area contributed by atoms with Gasteiger partial charge in [-0.3, -0.25) is 4.79 Å². The average molecular weight is 310 g/mol. The molecule has 0 unspecified atom stereocenters. The molecule has 1 heterocycles. The van der Waals surface area contributed by atoms with Crippen LogP contribution in [-0.2, 0) is 0 Å². The van der Waals surface area contributed by atoms with Crippen LogP contribution in [0.4, 0.5) is 15.9 Å². The molecule has 3 rings (SSSR count). The molecule has 0 radical (unpaired) electrons. The Labute approximate surface area is 132 Å². The third-order valence-electron chi connectivity index (χ3n) is 3.43. The number of anilines is 2. The summed E-state index contributed by atoms with van der Waals surface area (Å²) in [7, 11) is 0. The van der Waals surface area contributed by atoms with Crippen LogP contribution in [0.3, 0.4) is 0 Å². The van der Waals surface area contributed by atoms with Gasteiger partial charge in [-0.05, 0) is 43.3 Å². The van der Waals surface area contributed by atoms with Crippen LogP contribution in [0, 0.1) is 12.7 Å². The third kappa shape index (κ3) is 3.06. The molecule has 23 heavy (non-hydrogen) atoms. The molecule has 1 amide bonds. The maximum atomic E-state index is 13.0. The van der Waals surface area contributed by atoms with Crippen molar-refractivity contribution in [1.82, 2.24) is 9.78 Å². The minimum atomic E-state index is -0.350. The molecule has 0 aliphatic carbocycles. The van der Waals surface area contributed by atoms with Gasteiger partial charge >= 0.3 is 0 Å². The Hall–Kier alpha value is -3.15. The Kier molecular flexibility index (Phi) is 3.80. The normalized spacial score (nSPS) is 10.5. The van der Waals surface area contributed by atoms with Gasteiger partial charge in [0.15, 0.2) is 0 Å². The highest BCUT2D eigenvalue weighted by molar-refractivity contribution is 6.07. The maximum Gasteiger partial charge on any atom is 0.261 e. The Bertz CT molecular complexity index is 838. The quantitative estimate of drug-likeness (QED) is 0.780. The summed E-state index contributed by atoms with van der Waals surface area (Å²) in [5, 5.41) is 6.87. The lowest BCUT2D eigenvalue weighted by Gasteiger charge is -2.06. The number of nitrogens with one attached hydrogen (secondary N) is 1. The lowest BCUT2D eigenvalue weighted by Crippen LogP contribution is -2.14. The summed E-state index contributed by atoms with van der Waals surface area (Å²) >= 11 is 0. The zero-order valence-electron chi connectivity index (χ0n) is 12.5. The Morgan fingerprint density at radius 3 is 2.43 bits per heavy atom. The van der Waals surface area contributed by atoms with E-state index < -0.39 is 0 Å². The minimum absolute atomic E-state index is 0.196. The first-order valence-corrected chi connectivity index (χ1v) is 7.02. The Morgan fingerprint density at radius 1 is 1.13 bits per heavy atom. The Balaban J connectivity index is 1.85. The van der Waals surface area contributed by atoms with Gasteiger partial charge in [-0.25, -0.2) is 9.07 Å². The topological polar surface area (TPSA) is 72.9 Å². The first kappa shape index (κ1) is 14.8. The van der Waals surface area contributed by atoms with Gasteiger partial charge in [-0.2, -0.15) is 5.10 Å². The van der Waals surface area contributed by atoms with Crippen molar-refractivity contribution in [3.8, 4) is 5.69 Å². The second kappa shape index (κ2) is 5.92. The molecule has 3 N–H and O–H groups in total. The van der Waals surface area contributed by atoms with Crippen LogP contribution in [0.25, 0.3) is 5.69 Å². The molecule has 0 atom stereocenters. The molecule has 0 saturated heterocycles. The number of halogens is 1. The SMILES string of the molecule is Cc1ccc(NC(=O)c2cnn(-c3ccc(F)cc3)c2N)cc1. The molecular formula is C17H15FN4O. The maximum absolute atomic E-state index is 13.0. The van der Waals surface area contributed by atoms with Crippen molar-refractivity contribution in [3.63, 3.8) is 0 Å². The summed E-state index contributed by atoms with van der Waals surface area (Å²) in [5.74, 6) is -0.502. The van der Waals surface area contributed by atoms with E-state index in [-0.39, 0.29) is 23.1 Å². The number of aromatic nitrogens is 2. The highest BCUT2D eigenvalue weighted by Crippen LogP contribution is 2.19. The van der Waals surface area contributed by atoms with E-state index in [1.54, 1.807) is 12.1 Å². The van der Waals surface area contributed by atoms with Crippen molar-refractivity contribution >= 4 is 17.4 Å². The molecule has 0 aliphatic heterocycles. The number of nitrogen functional groups attached to an aromatic ring is 1. The number of hydrogen-bond donors (Lipinski definition) is 2. The lowest BCUT2D eigenvalue weighted by atomic mass is 10.2. The number of carbonyl (C=O) groups is 1. The average Bonchev–Trinajstić information content (AvgIpc) is 2.92. The molecule has 0 aliphatic rings. The van der Waals surface area contributed by atoms with Crippen molar-refractivity contribution in [3.05, 3.63) is 71.7 Å². The third-order valence-corrected chi connectivity index (χ3v) is 3.43. The molecule has 5 nitrogen and oxygen atoms in total. The van der Waals surface area contributed by atoms with E-state index in [1.165, 1.54) is 23.0 Å². The summed E-state index contributed by atoms with van der Waals surface area (Å²) in [6, 6.07) is 13.1. The minimum Gasteiger partial charge on any atom is -0.383 e. The van der Waals surface area contributed by atoms with Crippen LogP contribution < -0.4 is 11.1 Å². The van der Waals surface area contributed by atoms with Crippen LogP contribution in [0.1, 0.15) is 15.9 Å². The number of aryl methyl sites for hydroxylation is 1. The summed E-state index contributed by atoms with van der Waals surface area (Å²) in [4.78, 5) is 12.3. The van der Waals surface area contributed by atoms with Crippen molar-refractivity contribution in [2.45, 2.75) is 6.92 Å². The van der Waals surface area contributed by atoms with Crippen molar-refractivity contribution < 1.29 is 9.18 Å². The van der Waals surface area contributed by atoms with Crippen molar-refractivity contribution in [2.24, 2.45) is 0 Å². The van der Waals surface area contributed by atoms with E-state index in [1.807, 2.05) is 31.2 Å². The predicted molar refractivity (Wildman–Crippen MR) is 87.1 cm³/mol. The molecule has 116 valence electrons. The van der Waals surface area contributed by atoms with Gasteiger partial charge in [0.05, 0.1) is 11.9 Å². The smallest absolute Gasteiger partial charge is 0.261 e. The molecule has 0 fully saturated rings. The highest BCUT2D eigenvalue weighted by Gasteiger charge is 2.16. The van der Waals surface area contributed by atoms with E-state index in [2.05, 4.69) is 10.4 Å². The van der Waals surface area contributed by atoms with Gasteiger partial charge in [-0.15, -0.1) is 0 Å². The molecular weight excluding hydrogens is 295 g/mol. The fraction of sp³-hybridized carbons (Fsp3) is 0.0588. The number of rotatable bonds is 3. The van der Waals surface area contributed by atoms with Crippen LogP contribution in [-0.4, -0.2) is 15.7 Å². The standard InChI is InChI=1S/C17H15FN4O/c1-11-2-6-13(7-3-11)21-17(23)15-10-20-22(16(15)19)14-8-4-12(18)5-9-14/h2-10H,19H2,1H3,(H,21,23). The number of benzene rings is 2. The fourth-order valence-corrected chi connectivity index (χ4v) is 2.16. The van der Waals surface area contributed by atoms with Gasteiger partial charge in [-0.1, -0.05) is 17.7 Å². The molecule has 2 aromatic carbocycles. The van der Waals surface area contributed by atoms with Gasteiger partial charge < -0.3 is 11.1 Å². The van der Waals surface area contributed by atoms with Crippen LogP contribution in [0.5, 0.6) is 0 Å². The first-order valence-electron chi connectivity index (χ1n) is 7.02. The molecule has 0 saturated carbocycles. The molecule has 1 aromatic heterocycles. The predicted octanol–water partition coefficient (Wildman–Crippen LogP) is 3.15. The van der Waals surface area contributed by atoms with Crippen LogP contribution in [0.15, 0.2) is 54.7 Å². The van der Waals surface area contributed by atoms with E-state index in [0.29, 0.717) is 11.4 Å². The second-order valence-corrected chi connectivity index (χ2v) is 5.15. The van der Waals surface area contributed by atoms with E-state index in [0.717, 1.165) is 5.56 Å². The number of amides is 1. The molecule has 0 bridgehead atoms. The molecule has 3 aromatic rings. The summed E-state index contributed by atoms with van der Waals surface area (Å²) in [5.41, 5.74) is 8.62. The number of hydrogen-bond acceptors (Lipinski definition) is 3. The van der Waals surface area contributed by atoms with Crippen molar-refractivity contribution in [1.29, 1.82) is 0 Å². The van der Waals surface area contributed by atoms with Crippen LogP contribution in [0.2, 0.25) is 0 Å². The van der Waals surface area contributed by atoms with Crippen LogP contribution >= 0.6 is 0 Å². The number of nitrogens with two attached hydrogens (primary N) is 1. The van der Waals surface area contributed by atoms with E-state index >= 15 is 0 Å². The van der Waals surface area contributed by atoms with Gasteiger partial charge in [0, 0.05) is 5.69 Å². The van der Waals surface area contributed by atoms with Gasteiger partial charge in [0.2, 0.25) is 0 Å². The zero-order valence-corrected chi connectivity index (χ0v) is 12.5. The van der Waals surface area contributed by atoms with Gasteiger partial charge in [0.25, 0.3) is 5.91 Å². The van der Waals surface area contributed by atoms with Gasteiger partial charge in [0.1, 0.15) is 17.2 Å². The Morgan fingerprint density at radius 2 is 1.78 bits per heavy atom. The summed E-state index contributed by atoms with van der Waals surface area (Å²) in [6.45, 7) is 1.97. The van der Waals surface area contributed by atoms with Crippen molar-refractivity contribution in [2.75, 3.05) is 11.1 Å². The number of nitrogens with zero attached hydrogens (tertiary/aromatic N) is 2. The van der Waals surface area contributed by atoms with E-state index in [9.17, 15) is 9.18 Å². The lowest BCUT2D eigenvalue weighted by molar-refractivity contribution is 0.102. The fourth-order valence-electron chi connectivity index (χ4n) is 2.16. The summed E-state index contributed by atoms with van der Waals surface area (Å²) < 4.78 is 14.4.